The Morgan fingerprint density at radius 3 is 2.54 bits per heavy atom. The van der Waals surface area contributed by atoms with Gasteiger partial charge in [-0.3, -0.25) is 0 Å². The van der Waals surface area contributed by atoms with Crippen LogP contribution in [0, 0.1) is 17.3 Å². The average molecular weight is 373 g/mol. The highest BCUT2D eigenvalue weighted by Gasteiger charge is 2.47. The average Bonchev–Trinajstić information content (AvgIpc) is 2.48. The SMILES string of the molecule is CCOC(=O)/C=C(\C#CC1(O)C(C)=C/C(=N\OC)CC1(C)C)C(F)(F)F. The molecular formula is C18H22F3NO4. The van der Waals surface area contributed by atoms with Crippen LogP contribution in [0.15, 0.2) is 28.5 Å². The summed E-state index contributed by atoms with van der Waals surface area (Å²) in [5.74, 6) is 3.07. The summed E-state index contributed by atoms with van der Waals surface area (Å²) in [5.41, 5.74) is -3.28. The van der Waals surface area contributed by atoms with Crippen LogP contribution in [0.5, 0.6) is 0 Å². The van der Waals surface area contributed by atoms with Gasteiger partial charge in [-0.15, -0.1) is 0 Å². The quantitative estimate of drug-likeness (QED) is 0.357. The lowest BCUT2D eigenvalue weighted by Crippen LogP contribution is -2.48. The van der Waals surface area contributed by atoms with Crippen LogP contribution in [0.2, 0.25) is 0 Å². The van der Waals surface area contributed by atoms with Crippen molar-refractivity contribution in [1.29, 1.82) is 0 Å². The van der Waals surface area contributed by atoms with E-state index in [4.69, 9.17) is 4.84 Å². The van der Waals surface area contributed by atoms with E-state index in [1.807, 2.05) is 5.92 Å². The van der Waals surface area contributed by atoms with E-state index in [0.29, 0.717) is 11.3 Å². The number of carbonyl (C=O) groups excluding carboxylic acids is 1. The molecule has 0 saturated carbocycles. The van der Waals surface area contributed by atoms with E-state index >= 15 is 0 Å². The summed E-state index contributed by atoms with van der Waals surface area (Å²) in [4.78, 5) is 16.1. The third-order valence-corrected chi connectivity index (χ3v) is 4.00. The first-order chi connectivity index (χ1) is 11.9. The first-order valence-corrected chi connectivity index (χ1v) is 7.87. The van der Waals surface area contributed by atoms with Crippen molar-refractivity contribution in [2.24, 2.45) is 10.6 Å². The predicted molar refractivity (Wildman–Crippen MR) is 90.1 cm³/mol. The minimum Gasteiger partial charge on any atom is -0.463 e. The molecule has 1 aliphatic rings. The Morgan fingerprint density at radius 2 is 2.08 bits per heavy atom. The molecule has 8 heteroatoms. The van der Waals surface area contributed by atoms with Crippen LogP contribution in [-0.2, 0) is 14.4 Å². The minimum atomic E-state index is -4.85. The Labute approximate surface area is 150 Å². The molecule has 0 fully saturated rings. The van der Waals surface area contributed by atoms with Crippen molar-refractivity contribution in [2.75, 3.05) is 13.7 Å². The second-order valence-electron chi connectivity index (χ2n) is 6.42. The summed E-state index contributed by atoms with van der Waals surface area (Å²) in [7, 11) is 1.37. The fourth-order valence-corrected chi connectivity index (χ4v) is 2.61. The van der Waals surface area contributed by atoms with Gasteiger partial charge in [-0.2, -0.15) is 13.2 Å². The van der Waals surface area contributed by atoms with Gasteiger partial charge in [-0.05, 0) is 25.5 Å². The van der Waals surface area contributed by atoms with Crippen LogP contribution in [0.1, 0.15) is 34.1 Å². The lowest BCUT2D eigenvalue weighted by atomic mass is 9.65. The first-order valence-electron chi connectivity index (χ1n) is 7.87. The molecule has 1 atom stereocenters. The molecule has 0 amide bonds. The molecule has 1 rings (SSSR count). The van der Waals surface area contributed by atoms with Gasteiger partial charge in [0.1, 0.15) is 12.7 Å². The van der Waals surface area contributed by atoms with Gasteiger partial charge in [-0.1, -0.05) is 30.8 Å². The van der Waals surface area contributed by atoms with Gasteiger partial charge in [-0.25, -0.2) is 4.79 Å². The van der Waals surface area contributed by atoms with Gasteiger partial charge in [0.05, 0.1) is 12.3 Å². The lowest BCUT2D eigenvalue weighted by molar-refractivity contribution is -0.138. The summed E-state index contributed by atoms with van der Waals surface area (Å²) in [6.07, 6.45) is -2.81. The van der Waals surface area contributed by atoms with Crippen molar-refractivity contribution in [3.05, 3.63) is 23.3 Å². The van der Waals surface area contributed by atoms with E-state index in [1.54, 1.807) is 20.8 Å². The van der Waals surface area contributed by atoms with Crippen LogP contribution >= 0.6 is 0 Å². The van der Waals surface area contributed by atoms with E-state index in [2.05, 4.69) is 15.8 Å². The van der Waals surface area contributed by atoms with Crippen molar-refractivity contribution in [3.63, 3.8) is 0 Å². The zero-order valence-corrected chi connectivity index (χ0v) is 15.3. The maximum atomic E-state index is 13.1. The standard InChI is InChI=1S/C18H22F3NO4/c1-6-26-15(23)10-13(18(19,20)21)7-8-17(24)12(2)9-14(22-25-5)11-16(17,3)4/h9-10,24H,6,11H2,1-5H3/b13-10+,22-14+. The number of ether oxygens (including phenoxy) is 1. The molecule has 26 heavy (non-hydrogen) atoms. The van der Waals surface area contributed by atoms with Crippen LogP contribution < -0.4 is 0 Å². The zero-order valence-electron chi connectivity index (χ0n) is 15.3. The van der Waals surface area contributed by atoms with Gasteiger partial charge < -0.3 is 14.7 Å². The largest absolute Gasteiger partial charge is 0.463 e. The predicted octanol–water partition coefficient (Wildman–Crippen LogP) is 3.15. The number of allylic oxidation sites excluding steroid dienone is 2. The van der Waals surface area contributed by atoms with Crippen molar-refractivity contribution < 1.29 is 32.6 Å². The number of nitrogens with zero attached hydrogens (tertiary/aromatic N) is 1. The third-order valence-electron chi connectivity index (χ3n) is 4.00. The highest BCUT2D eigenvalue weighted by molar-refractivity contribution is 5.97. The van der Waals surface area contributed by atoms with Crippen molar-refractivity contribution in [2.45, 2.75) is 45.9 Å². The number of oxime groups is 1. The second kappa shape index (κ2) is 7.96. The molecule has 0 bridgehead atoms. The van der Waals surface area contributed by atoms with Crippen molar-refractivity contribution in [1.82, 2.24) is 0 Å². The van der Waals surface area contributed by atoms with Gasteiger partial charge in [0.15, 0.2) is 5.60 Å². The second-order valence-corrected chi connectivity index (χ2v) is 6.42. The smallest absolute Gasteiger partial charge is 0.424 e. The van der Waals surface area contributed by atoms with Gasteiger partial charge in [0.2, 0.25) is 0 Å². The molecule has 0 aliphatic heterocycles. The highest BCUT2D eigenvalue weighted by atomic mass is 19.4. The molecule has 0 aromatic rings. The zero-order chi connectivity index (χ0) is 20.2. The fraction of sp³-hybridized carbons (Fsp3) is 0.556. The van der Waals surface area contributed by atoms with Gasteiger partial charge in [0, 0.05) is 17.9 Å². The normalized spacial score (nSPS) is 24.4. The molecule has 0 saturated heterocycles. The Balaban J connectivity index is 3.40. The first kappa shape index (κ1) is 21.8. The number of halogens is 3. The summed E-state index contributed by atoms with van der Waals surface area (Å²) >= 11 is 0. The Morgan fingerprint density at radius 1 is 1.46 bits per heavy atom. The number of rotatable bonds is 3. The molecule has 0 radical (unpaired) electrons. The van der Waals surface area contributed by atoms with E-state index in [9.17, 15) is 23.1 Å². The molecule has 0 aromatic carbocycles. The Kier molecular flexibility index (Phi) is 6.66. The third kappa shape index (κ3) is 4.88. The molecule has 5 nitrogen and oxygen atoms in total. The summed E-state index contributed by atoms with van der Waals surface area (Å²) in [6, 6.07) is 0. The Bertz CT molecular complexity index is 708. The molecule has 1 unspecified atom stereocenters. The van der Waals surface area contributed by atoms with Crippen LogP contribution in [0.4, 0.5) is 13.2 Å². The number of esters is 1. The molecule has 0 spiro atoms. The van der Waals surface area contributed by atoms with Gasteiger partial charge >= 0.3 is 12.1 Å². The molecular weight excluding hydrogens is 351 g/mol. The number of hydrogen-bond donors (Lipinski definition) is 1. The summed E-state index contributed by atoms with van der Waals surface area (Å²) < 4.78 is 43.9. The van der Waals surface area contributed by atoms with Gasteiger partial charge in [0.25, 0.3) is 0 Å². The summed E-state index contributed by atoms with van der Waals surface area (Å²) in [5, 5.41) is 14.8. The van der Waals surface area contributed by atoms with Crippen LogP contribution in [0.3, 0.4) is 0 Å². The van der Waals surface area contributed by atoms with Crippen molar-refractivity contribution >= 4 is 11.7 Å². The van der Waals surface area contributed by atoms with E-state index < -0.39 is 28.7 Å². The summed E-state index contributed by atoms with van der Waals surface area (Å²) in [6.45, 7) is 6.28. The topological polar surface area (TPSA) is 68.1 Å². The van der Waals surface area contributed by atoms with Crippen LogP contribution in [0.25, 0.3) is 0 Å². The van der Waals surface area contributed by atoms with Crippen molar-refractivity contribution in [3.8, 4) is 11.8 Å². The number of hydrogen-bond acceptors (Lipinski definition) is 5. The minimum absolute atomic E-state index is 0.0612. The maximum Gasteiger partial charge on any atom is 0.424 e. The monoisotopic (exact) mass is 373 g/mol. The molecule has 1 aliphatic carbocycles. The number of alkyl halides is 3. The van der Waals surface area contributed by atoms with Crippen LogP contribution in [-0.4, -0.2) is 42.3 Å². The molecule has 144 valence electrons. The molecule has 0 aromatic heterocycles. The highest BCUT2D eigenvalue weighted by Crippen LogP contribution is 2.43. The fourth-order valence-electron chi connectivity index (χ4n) is 2.61. The van der Waals surface area contributed by atoms with E-state index in [-0.39, 0.29) is 19.1 Å². The molecule has 0 heterocycles. The maximum absolute atomic E-state index is 13.1. The molecule has 1 N–H and O–H groups in total. The Hall–Kier alpha value is -2.27. The lowest BCUT2D eigenvalue weighted by Gasteiger charge is -2.42. The number of carbonyl (C=O) groups is 1. The van der Waals surface area contributed by atoms with E-state index in [0.717, 1.165) is 0 Å². The number of aliphatic hydroxyl groups is 1. The van der Waals surface area contributed by atoms with E-state index in [1.165, 1.54) is 20.1 Å².